The average Bonchev–Trinajstić information content (AvgIpc) is 3.24. The largest absolute Gasteiger partial charge is 2.00 e. The molecule has 0 radical (unpaired) electrons. The number of phenolic OH excluding ortho intramolecular Hbond substituents is 1. The molecule has 0 saturated heterocycles. The molecule has 0 unspecified atom stereocenters. The Morgan fingerprint density at radius 1 is 1.04 bits per heavy atom. The average molecular weight is 346 g/mol. The molecular formula is C19H14FeO3. The molecule has 1 aliphatic carbocycles. The van der Waals surface area contributed by atoms with Gasteiger partial charge in [0.15, 0.2) is 0 Å². The van der Waals surface area contributed by atoms with Crippen LogP contribution >= 0.6 is 0 Å². The van der Waals surface area contributed by atoms with Gasteiger partial charge in [0.2, 0.25) is 0 Å². The molecule has 1 aliphatic heterocycles. The van der Waals surface area contributed by atoms with Crippen LogP contribution in [-0.4, -0.2) is 5.11 Å². The molecule has 2 aliphatic rings. The number of rotatable bonds is 0. The minimum atomic E-state index is -0.154. The molecule has 4 rings (SSSR count). The number of fused-ring (bicyclic) bond motifs is 1. The van der Waals surface area contributed by atoms with Crippen LogP contribution in [0.15, 0.2) is 90.2 Å². The van der Waals surface area contributed by atoms with Gasteiger partial charge in [0.05, 0.1) is 0 Å². The first-order valence-electron chi connectivity index (χ1n) is 6.90. The van der Waals surface area contributed by atoms with Crippen molar-refractivity contribution in [2.24, 2.45) is 0 Å². The van der Waals surface area contributed by atoms with Gasteiger partial charge in [-0.25, -0.2) is 12.1 Å². The second-order valence-electron chi connectivity index (χ2n) is 4.79. The zero-order valence-electron chi connectivity index (χ0n) is 12.1. The monoisotopic (exact) mass is 346 g/mol. The van der Waals surface area contributed by atoms with Crippen LogP contribution in [0.3, 0.4) is 0 Å². The van der Waals surface area contributed by atoms with Gasteiger partial charge >= 0.3 is 17.1 Å². The van der Waals surface area contributed by atoms with Gasteiger partial charge in [0, 0.05) is 11.1 Å². The quantitative estimate of drug-likeness (QED) is 0.588. The summed E-state index contributed by atoms with van der Waals surface area (Å²) in [6.45, 7) is 0. The molecule has 0 atom stereocenters. The summed E-state index contributed by atoms with van der Waals surface area (Å²) >= 11 is 0. The van der Waals surface area contributed by atoms with E-state index in [1.807, 2.05) is 54.6 Å². The molecule has 0 spiro atoms. The van der Waals surface area contributed by atoms with Crippen LogP contribution in [0.5, 0.6) is 11.5 Å². The molecule has 3 nitrogen and oxygen atoms in total. The van der Waals surface area contributed by atoms with Gasteiger partial charge in [-0.05, 0) is 24.3 Å². The zero-order chi connectivity index (χ0) is 15.4. The Balaban J connectivity index is 0.000000276. The summed E-state index contributed by atoms with van der Waals surface area (Å²) < 4.78 is 5.63. The maximum atomic E-state index is 11.9. The Labute approximate surface area is 145 Å². The normalized spacial score (nSPS) is 14.2. The first-order chi connectivity index (χ1) is 10.7. The minimum Gasteiger partial charge on any atom is -0.872 e. The molecule has 0 saturated carbocycles. The van der Waals surface area contributed by atoms with E-state index in [4.69, 9.17) is 4.74 Å². The molecule has 0 bridgehead atoms. The van der Waals surface area contributed by atoms with E-state index in [2.05, 4.69) is 0 Å². The Morgan fingerprint density at radius 3 is 2.35 bits per heavy atom. The summed E-state index contributed by atoms with van der Waals surface area (Å²) in [6.07, 6.45) is 8.97. The summed E-state index contributed by atoms with van der Waals surface area (Å²) in [5.41, 5.74) is 1.26. The molecule has 4 heteroatoms. The number of hydrogen-bond donors (Lipinski definition) is 1. The fourth-order valence-corrected chi connectivity index (χ4v) is 2.15. The van der Waals surface area contributed by atoms with Crippen LogP contribution in [0.4, 0.5) is 0 Å². The maximum Gasteiger partial charge on any atom is 2.00 e. The topological polar surface area (TPSA) is 52.5 Å². The molecule has 2 aromatic carbocycles. The second-order valence-corrected chi connectivity index (χ2v) is 4.79. The standard InChI is InChI=1S/C14H10O3.C5H5.Fe/c15-10-5-6-13-11(7-10)12(16)8-14(17-13)9-3-1-2-4-9;1-2-4-5-3-1;/h1-8,15-16H;1-5H;/q;-1;+2/p-1. The van der Waals surface area contributed by atoms with Crippen molar-refractivity contribution >= 4 is 5.76 Å². The predicted molar refractivity (Wildman–Crippen MR) is 84.1 cm³/mol. The van der Waals surface area contributed by atoms with E-state index in [1.165, 1.54) is 18.2 Å². The van der Waals surface area contributed by atoms with E-state index in [-0.39, 0.29) is 28.6 Å². The first kappa shape index (κ1) is 16.8. The number of benzene rings is 1. The molecule has 116 valence electrons. The minimum absolute atomic E-state index is 0. The number of hydrogen-bond acceptors (Lipinski definition) is 3. The fourth-order valence-electron chi connectivity index (χ4n) is 2.15. The summed E-state index contributed by atoms with van der Waals surface area (Å²) in [5.74, 6) is 0.925. The zero-order valence-corrected chi connectivity index (χ0v) is 13.2. The molecule has 23 heavy (non-hydrogen) atoms. The molecular weight excluding hydrogens is 332 g/mol. The van der Waals surface area contributed by atoms with Gasteiger partial charge in [-0.2, -0.15) is 18.2 Å². The number of phenols is 1. The van der Waals surface area contributed by atoms with E-state index in [1.54, 1.807) is 6.07 Å². The number of allylic oxidation sites excluding steroid dienone is 6. The molecule has 1 N–H and O–H groups in total. The van der Waals surface area contributed by atoms with E-state index in [0.29, 0.717) is 17.1 Å². The van der Waals surface area contributed by atoms with Gasteiger partial charge in [-0.1, -0.05) is 30.1 Å². The van der Waals surface area contributed by atoms with Crippen molar-refractivity contribution in [3.63, 3.8) is 0 Å². The molecule has 2 aromatic rings. The van der Waals surface area contributed by atoms with Crippen molar-refractivity contribution in [3.8, 4) is 11.5 Å². The fraction of sp³-hybridized carbons (Fsp3) is 0. The van der Waals surface area contributed by atoms with E-state index < -0.39 is 0 Å². The van der Waals surface area contributed by atoms with E-state index in [0.717, 1.165) is 5.57 Å². The third kappa shape index (κ3) is 4.01. The Hall–Kier alpha value is -2.55. The van der Waals surface area contributed by atoms with Crippen molar-refractivity contribution in [2.75, 3.05) is 0 Å². The maximum absolute atomic E-state index is 11.9. The van der Waals surface area contributed by atoms with Crippen molar-refractivity contribution in [2.45, 2.75) is 0 Å². The SMILES string of the molecule is [Fe+2].[O-]C1=CC(=C2C=CC=C2)Oc2ccc(O)cc21.c1cc[cH-]c1. The second kappa shape index (κ2) is 7.63. The van der Waals surface area contributed by atoms with E-state index in [9.17, 15) is 10.2 Å². The predicted octanol–water partition coefficient (Wildman–Crippen LogP) is 3.27. The molecule has 0 amide bonds. The molecule has 0 fully saturated rings. The van der Waals surface area contributed by atoms with Crippen LogP contribution < -0.4 is 9.84 Å². The van der Waals surface area contributed by atoms with Gasteiger partial charge in [0.25, 0.3) is 0 Å². The Kier molecular flexibility index (Phi) is 5.58. The first-order valence-corrected chi connectivity index (χ1v) is 6.90. The molecule has 0 aromatic heterocycles. The Bertz CT molecular complexity index is 750. The van der Waals surface area contributed by atoms with Gasteiger partial charge < -0.3 is 14.9 Å². The Morgan fingerprint density at radius 2 is 1.74 bits per heavy atom. The van der Waals surface area contributed by atoms with Crippen molar-refractivity contribution in [3.05, 3.63) is 95.8 Å². The van der Waals surface area contributed by atoms with Gasteiger partial charge in [-0.3, -0.25) is 0 Å². The number of aromatic hydroxyl groups is 1. The summed E-state index contributed by atoms with van der Waals surface area (Å²) in [6, 6.07) is 14.5. The van der Waals surface area contributed by atoms with Crippen molar-refractivity contribution < 1.29 is 32.0 Å². The van der Waals surface area contributed by atoms with Crippen LogP contribution in [0.2, 0.25) is 0 Å². The summed E-state index contributed by atoms with van der Waals surface area (Å²) in [5, 5.41) is 21.2. The number of ether oxygens (including phenoxy) is 1. The molecule has 1 heterocycles. The smallest absolute Gasteiger partial charge is 0.872 e. The van der Waals surface area contributed by atoms with Crippen molar-refractivity contribution in [1.82, 2.24) is 0 Å². The van der Waals surface area contributed by atoms with Gasteiger partial charge in [0.1, 0.15) is 17.3 Å². The third-order valence-corrected chi connectivity index (χ3v) is 3.21. The van der Waals surface area contributed by atoms with Crippen molar-refractivity contribution in [1.29, 1.82) is 0 Å². The van der Waals surface area contributed by atoms with Gasteiger partial charge in [-0.15, -0.1) is 0 Å². The van der Waals surface area contributed by atoms with Crippen LogP contribution in [-0.2, 0) is 17.1 Å². The van der Waals surface area contributed by atoms with Crippen LogP contribution in [0, 0.1) is 0 Å². The van der Waals surface area contributed by atoms with Crippen LogP contribution in [0.1, 0.15) is 5.56 Å². The summed E-state index contributed by atoms with van der Waals surface area (Å²) in [7, 11) is 0. The van der Waals surface area contributed by atoms with Crippen LogP contribution in [0.25, 0.3) is 5.76 Å². The summed E-state index contributed by atoms with van der Waals surface area (Å²) in [4.78, 5) is 0. The third-order valence-electron chi connectivity index (χ3n) is 3.21. The van der Waals surface area contributed by atoms with E-state index >= 15 is 0 Å².